The monoisotopic (exact) mass is 744 g/mol. The first-order chi connectivity index (χ1) is 21.1. The third-order valence-corrected chi connectivity index (χ3v) is 9.42. The van der Waals surface area contributed by atoms with Gasteiger partial charge in [-0.25, -0.2) is 14.2 Å². The smallest absolute Gasteiger partial charge is 0.338 e. The van der Waals surface area contributed by atoms with Crippen molar-refractivity contribution in [3.8, 4) is 11.5 Å². The van der Waals surface area contributed by atoms with Crippen molar-refractivity contribution in [3.63, 3.8) is 0 Å². The molecule has 228 valence electrons. The highest BCUT2D eigenvalue weighted by molar-refractivity contribution is 14.1. The molecule has 0 aliphatic carbocycles. The minimum Gasteiger partial charge on any atom is -0.493 e. The summed E-state index contributed by atoms with van der Waals surface area (Å²) in [7, 11) is 1.53. The average molecular weight is 745 g/mol. The molecule has 3 aromatic carbocycles. The number of rotatable bonds is 9. The van der Waals surface area contributed by atoms with Gasteiger partial charge < -0.3 is 14.2 Å². The predicted molar refractivity (Wildman–Crippen MR) is 180 cm³/mol. The lowest BCUT2D eigenvalue weighted by Crippen LogP contribution is -2.40. The van der Waals surface area contributed by atoms with Crippen LogP contribution >= 0.6 is 45.7 Å². The second-order valence-corrected chi connectivity index (χ2v) is 13.3. The van der Waals surface area contributed by atoms with E-state index < -0.39 is 12.0 Å². The van der Waals surface area contributed by atoms with Crippen LogP contribution in [-0.4, -0.2) is 30.0 Å². The minimum atomic E-state index is -0.695. The van der Waals surface area contributed by atoms with E-state index in [1.165, 1.54) is 24.5 Å². The first-order valence-electron chi connectivity index (χ1n) is 13.7. The molecule has 0 fully saturated rings. The van der Waals surface area contributed by atoms with Crippen LogP contribution in [0, 0.1) is 9.39 Å². The Bertz CT molecular complexity index is 1930. The number of esters is 1. The molecule has 1 aliphatic heterocycles. The Labute approximate surface area is 276 Å². The number of aromatic nitrogens is 1. The molecule has 0 saturated heterocycles. The molecule has 7 nitrogen and oxygen atoms in total. The van der Waals surface area contributed by atoms with Crippen molar-refractivity contribution in [1.82, 2.24) is 4.57 Å². The molecule has 1 aliphatic rings. The second kappa shape index (κ2) is 13.7. The van der Waals surface area contributed by atoms with Crippen molar-refractivity contribution in [2.75, 3.05) is 13.4 Å². The van der Waals surface area contributed by atoms with E-state index in [1.54, 1.807) is 67.4 Å². The Morgan fingerprint density at radius 3 is 2.57 bits per heavy atom. The lowest BCUT2D eigenvalue weighted by atomic mass is 9.96. The van der Waals surface area contributed by atoms with E-state index in [0.29, 0.717) is 43.2 Å². The van der Waals surface area contributed by atoms with Crippen LogP contribution in [0.25, 0.3) is 6.08 Å². The Balaban J connectivity index is 1.58. The van der Waals surface area contributed by atoms with Crippen molar-refractivity contribution in [2.24, 2.45) is 4.99 Å². The topological polar surface area (TPSA) is 79.1 Å². The number of carbonyl (C=O) groups is 1. The zero-order valence-electron chi connectivity index (χ0n) is 24.7. The minimum absolute atomic E-state index is 0.0375. The third-order valence-electron chi connectivity index (χ3n) is 6.90. The molecule has 0 amide bonds. The number of fused-ring (bicyclic) bond motifs is 1. The van der Waals surface area contributed by atoms with E-state index in [4.69, 9.17) is 14.2 Å². The molecule has 0 spiro atoms. The summed E-state index contributed by atoms with van der Waals surface area (Å²) in [6, 6.07) is 17.2. The summed E-state index contributed by atoms with van der Waals surface area (Å²) in [5.74, 6) is 0.0868. The van der Waals surface area contributed by atoms with Gasteiger partial charge in [0, 0.05) is 10.5 Å². The number of hydrogen-bond acceptors (Lipinski definition) is 8. The van der Waals surface area contributed by atoms with E-state index in [9.17, 15) is 14.0 Å². The number of allylic oxidation sites excluding steroid dienone is 1. The molecule has 0 N–H and O–H groups in total. The third kappa shape index (κ3) is 6.64. The highest BCUT2D eigenvalue weighted by Gasteiger charge is 2.33. The molecule has 0 unspecified atom stereocenters. The number of methoxy groups -OCH3 is 1. The lowest BCUT2D eigenvalue weighted by molar-refractivity contribution is -0.143. The lowest BCUT2D eigenvalue weighted by Gasteiger charge is -2.25. The van der Waals surface area contributed by atoms with Gasteiger partial charge in [-0.15, -0.1) is 11.8 Å². The Kier molecular flexibility index (Phi) is 9.96. The second-order valence-electron chi connectivity index (χ2n) is 10.2. The summed E-state index contributed by atoms with van der Waals surface area (Å²) in [5.41, 5.74) is 2.50. The number of thiazole rings is 1. The first kappa shape index (κ1) is 32.0. The van der Waals surface area contributed by atoms with Gasteiger partial charge in [-0.05, 0) is 97.2 Å². The number of thioether (sulfide) groups is 1. The average Bonchev–Trinajstić information content (AvgIpc) is 3.29. The van der Waals surface area contributed by atoms with Gasteiger partial charge in [0.2, 0.25) is 0 Å². The fourth-order valence-electron chi connectivity index (χ4n) is 4.84. The first-order valence-corrected chi connectivity index (χ1v) is 16.8. The predicted octanol–water partition coefficient (Wildman–Crippen LogP) is 6.24. The maximum Gasteiger partial charge on any atom is 0.338 e. The molecule has 0 bridgehead atoms. The Morgan fingerprint density at radius 1 is 1.18 bits per heavy atom. The number of benzene rings is 3. The Morgan fingerprint density at radius 2 is 1.91 bits per heavy atom. The van der Waals surface area contributed by atoms with Gasteiger partial charge in [-0.3, -0.25) is 9.36 Å². The highest BCUT2D eigenvalue weighted by atomic mass is 127. The van der Waals surface area contributed by atoms with Crippen LogP contribution in [0.3, 0.4) is 0 Å². The maximum atomic E-state index is 14.1. The van der Waals surface area contributed by atoms with E-state index in [-0.39, 0.29) is 24.1 Å². The van der Waals surface area contributed by atoms with E-state index in [0.717, 1.165) is 14.0 Å². The van der Waals surface area contributed by atoms with Gasteiger partial charge in [0.15, 0.2) is 16.3 Å². The molecule has 2 heterocycles. The SMILES string of the molecule is COc1cc(/C=c2\sc3n(c2=O)[C@H](c2ccc(SC)cc2)C(C(=O)OC(C)C)=C(C)N=3)cc(I)c1OCc1ccccc1F. The molecular formula is C33H30FIN2O5S2. The zero-order valence-corrected chi connectivity index (χ0v) is 28.5. The molecular weight excluding hydrogens is 714 g/mol. The number of ether oxygens (including phenoxy) is 3. The molecule has 5 rings (SSSR count). The van der Waals surface area contributed by atoms with Crippen LogP contribution in [0.15, 0.2) is 86.6 Å². The maximum absolute atomic E-state index is 14.1. The van der Waals surface area contributed by atoms with Crippen molar-refractivity contribution in [2.45, 2.75) is 44.4 Å². The molecule has 4 aromatic rings. The normalized spacial score (nSPS) is 14.8. The number of nitrogens with zero attached hydrogens (tertiary/aromatic N) is 2. The van der Waals surface area contributed by atoms with Gasteiger partial charge in [0.1, 0.15) is 12.4 Å². The van der Waals surface area contributed by atoms with Crippen LogP contribution in [0.5, 0.6) is 11.5 Å². The number of carbonyl (C=O) groups excluding carboxylic acids is 1. The quantitative estimate of drug-likeness (QED) is 0.115. The van der Waals surface area contributed by atoms with Crippen LogP contribution in [0.2, 0.25) is 0 Å². The molecule has 1 atom stereocenters. The van der Waals surface area contributed by atoms with Gasteiger partial charge >= 0.3 is 5.97 Å². The van der Waals surface area contributed by atoms with E-state index in [2.05, 4.69) is 27.6 Å². The Hall–Kier alpha value is -3.42. The van der Waals surface area contributed by atoms with E-state index >= 15 is 0 Å². The van der Waals surface area contributed by atoms with Gasteiger partial charge in [0.25, 0.3) is 5.56 Å². The van der Waals surface area contributed by atoms with Gasteiger partial charge in [-0.2, -0.15) is 0 Å². The zero-order chi connectivity index (χ0) is 31.5. The molecule has 44 heavy (non-hydrogen) atoms. The number of hydrogen-bond donors (Lipinski definition) is 0. The standard InChI is InChI=1S/C33H30FIN2O5S2/c1-18(2)42-32(39)28-19(3)36-33-37(29(28)21-10-12-23(43-5)13-11-21)31(38)27(44-33)16-20-14-25(35)30(26(15-20)40-4)41-17-22-8-6-7-9-24(22)34/h6-16,18,29H,17H2,1-5H3/b27-16-/t29-/m1/s1. The van der Waals surface area contributed by atoms with Crippen molar-refractivity contribution < 1.29 is 23.4 Å². The fourth-order valence-corrected chi connectivity index (χ4v) is 7.08. The van der Waals surface area contributed by atoms with Gasteiger partial charge in [0.05, 0.1) is 38.6 Å². The van der Waals surface area contributed by atoms with E-state index in [1.807, 2.05) is 36.6 Å². The summed E-state index contributed by atoms with van der Waals surface area (Å²) in [4.78, 5) is 33.6. The van der Waals surface area contributed by atoms with Crippen molar-refractivity contribution in [1.29, 1.82) is 0 Å². The largest absolute Gasteiger partial charge is 0.493 e. The molecule has 11 heteroatoms. The van der Waals surface area contributed by atoms with Crippen molar-refractivity contribution in [3.05, 3.63) is 118 Å². The summed E-state index contributed by atoms with van der Waals surface area (Å²) in [6.07, 6.45) is 3.43. The van der Waals surface area contributed by atoms with Crippen LogP contribution in [0.1, 0.15) is 43.5 Å². The summed E-state index contributed by atoms with van der Waals surface area (Å²) >= 11 is 5.00. The van der Waals surface area contributed by atoms with Crippen LogP contribution in [-0.2, 0) is 16.1 Å². The van der Waals surface area contributed by atoms with Crippen LogP contribution < -0.4 is 24.4 Å². The highest BCUT2D eigenvalue weighted by Crippen LogP contribution is 2.35. The molecule has 0 radical (unpaired) electrons. The summed E-state index contributed by atoms with van der Waals surface area (Å²) in [6.45, 7) is 5.38. The summed E-state index contributed by atoms with van der Waals surface area (Å²) < 4.78 is 34.1. The van der Waals surface area contributed by atoms with Crippen LogP contribution in [0.4, 0.5) is 4.39 Å². The summed E-state index contributed by atoms with van der Waals surface area (Å²) in [5, 5.41) is 0. The van der Waals surface area contributed by atoms with Crippen molar-refractivity contribution >= 4 is 57.7 Å². The molecule has 0 saturated carbocycles. The fraction of sp³-hybridized carbons (Fsp3) is 0.242. The molecule has 1 aromatic heterocycles. The van der Waals surface area contributed by atoms with Gasteiger partial charge in [-0.1, -0.05) is 41.7 Å². The number of halogens is 2.